The molecule has 1 aromatic heterocycles. The predicted molar refractivity (Wildman–Crippen MR) is 117 cm³/mol. The second-order valence-electron chi connectivity index (χ2n) is 7.20. The van der Waals surface area contributed by atoms with Crippen molar-refractivity contribution in [2.24, 2.45) is 0 Å². The summed E-state index contributed by atoms with van der Waals surface area (Å²) >= 11 is 0. The van der Waals surface area contributed by atoms with E-state index >= 15 is 0 Å². The molecule has 0 aliphatic rings. The third-order valence-corrected chi connectivity index (χ3v) is 4.86. The Bertz CT molecular complexity index is 1070. The average molecular weight is 386 g/mol. The predicted octanol–water partition coefficient (Wildman–Crippen LogP) is 5.76. The van der Waals surface area contributed by atoms with Crippen LogP contribution in [0.2, 0.25) is 0 Å². The molecular weight excluding hydrogens is 360 g/mol. The van der Waals surface area contributed by atoms with Gasteiger partial charge in [-0.15, -0.1) is 0 Å². The summed E-state index contributed by atoms with van der Waals surface area (Å²) in [4.78, 5) is 4.81. The molecule has 148 valence electrons. The Balaban J connectivity index is 1.57. The lowest BCUT2D eigenvalue weighted by molar-refractivity contribution is 0.291. The highest BCUT2D eigenvalue weighted by atomic mass is 16.5. The number of rotatable bonds is 8. The van der Waals surface area contributed by atoms with E-state index in [1.807, 2.05) is 42.5 Å². The van der Waals surface area contributed by atoms with Crippen molar-refractivity contribution in [3.05, 3.63) is 89.7 Å². The molecule has 1 heterocycles. The van der Waals surface area contributed by atoms with Crippen LogP contribution >= 0.6 is 0 Å². The van der Waals surface area contributed by atoms with E-state index in [0.717, 1.165) is 47.9 Å². The van der Waals surface area contributed by atoms with Crippen molar-refractivity contribution in [2.75, 3.05) is 6.61 Å². The van der Waals surface area contributed by atoms with E-state index < -0.39 is 0 Å². The highest BCUT2D eigenvalue weighted by Crippen LogP contribution is 2.21. The zero-order valence-electron chi connectivity index (χ0n) is 17.0. The fourth-order valence-corrected chi connectivity index (χ4v) is 3.29. The van der Waals surface area contributed by atoms with Gasteiger partial charge in [0.05, 0.1) is 17.6 Å². The summed E-state index contributed by atoms with van der Waals surface area (Å²) in [6.45, 7) is 6.09. The lowest BCUT2D eigenvalue weighted by Gasteiger charge is -2.12. The van der Waals surface area contributed by atoms with Crippen molar-refractivity contribution < 1.29 is 9.47 Å². The Morgan fingerprint density at radius 3 is 2.28 bits per heavy atom. The van der Waals surface area contributed by atoms with Crippen molar-refractivity contribution in [3.8, 4) is 11.5 Å². The van der Waals surface area contributed by atoms with Gasteiger partial charge in [-0.25, -0.2) is 4.98 Å². The van der Waals surface area contributed by atoms with Crippen LogP contribution in [0.4, 0.5) is 0 Å². The largest absolute Gasteiger partial charge is 0.494 e. The van der Waals surface area contributed by atoms with Gasteiger partial charge in [-0.05, 0) is 55.3 Å². The molecule has 0 saturated heterocycles. The summed E-state index contributed by atoms with van der Waals surface area (Å²) in [5.41, 5.74) is 4.52. The van der Waals surface area contributed by atoms with Crippen LogP contribution in [0.5, 0.6) is 11.5 Å². The van der Waals surface area contributed by atoms with Gasteiger partial charge in [0.1, 0.15) is 23.9 Å². The molecule has 0 bridgehead atoms. The van der Waals surface area contributed by atoms with Gasteiger partial charge in [-0.1, -0.05) is 48.9 Å². The van der Waals surface area contributed by atoms with E-state index in [1.54, 1.807) is 0 Å². The maximum atomic E-state index is 6.02. The van der Waals surface area contributed by atoms with Crippen LogP contribution in [0.1, 0.15) is 30.3 Å². The first-order valence-electron chi connectivity index (χ1n) is 10.1. The number of aromatic nitrogens is 2. The number of hydrogen-bond acceptors (Lipinski definition) is 3. The number of para-hydroxylation sites is 2. The van der Waals surface area contributed by atoms with E-state index in [4.69, 9.17) is 14.5 Å². The van der Waals surface area contributed by atoms with Crippen molar-refractivity contribution >= 4 is 11.0 Å². The van der Waals surface area contributed by atoms with Crippen LogP contribution in [-0.4, -0.2) is 16.2 Å². The van der Waals surface area contributed by atoms with Crippen LogP contribution in [0.15, 0.2) is 72.8 Å². The van der Waals surface area contributed by atoms with Crippen LogP contribution < -0.4 is 9.47 Å². The number of aryl methyl sites for hydroxylation is 1. The first-order chi connectivity index (χ1) is 14.2. The minimum Gasteiger partial charge on any atom is -0.494 e. The normalized spacial score (nSPS) is 11.0. The number of hydrogen-bond donors (Lipinski definition) is 0. The van der Waals surface area contributed by atoms with Gasteiger partial charge in [0, 0.05) is 6.54 Å². The Hall–Kier alpha value is -3.27. The summed E-state index contributed by atoms with van der Waals surface area (Å²) in [7, 11) is 0. The van der Waals surface area contributed by atoms with Crippen molar-refractivity contribution in [3.63, 3.8) is 0 Å². The Morgan fingerprint density at radius 1 is 0.828 bits per heavy atom. The molecule has 0 radical (unpaired) electrons. The van der Waals surface area contributed by atoms with Gasteiger partial charge in [-0.3, -0.25) is 0 Å². The molecule has 4 nitrogen and oxygen atoms in total. The molecule has 0 spiro atoms. The molecule has 0 N–H and O–H groups in total. The van der Waals surface area contributed by atoms with Crippen LogP contribution in [0.3, 0.4) is 0 Å². The van der Waals surface area contributed by atoms with Gasteiger partial charge in [0.2, 0.25) is 0 Å². The number of ether oxygens (including phenoxy) is 2. The number of benzene rings is 3. The molecule has 4 rings (SSSR count). The maximum Gasteiger partial charge on any atom is 0.148 e. The van der Waals surface area contributed by atoms with Gasteiger partial charge < -0.3 is 14.0 Å². The zero-order valence-corrected chi connectivity index (χ0v) is 17.0. The van der Waals surface area contributed by atoms with Crippen LogP contribution in [0.25, 0.3) is 11.0 Å². The van der Waals surface area contributed by atoms with Gasteiger partial charge in [0.25, 0.3) is 0 Å². The fourth-order valence-electron chi connectivity index (χ4n) is 3.29. The number of fused-ring (bicyclic) bond motifs is 1. The monoisotopic (exact) mass is 386 g/mol. The first kappa shape index (κ1) is 19.1. The van der Waals surface area contributed by atoms with Crippen molar-refractivity contribution in [2.45, 2.75) is 33.4 Å². The zero-order chi connectivity index (χ0) is 20.1. The molecule has 0 saturated carbocycles. The standard InChI is InChI=1S/C25H26N2O2/c1-3-16-28-21-14-10-20(11-15-21)17-27-24-7-5-4-6-23(24)26-25(27)18-29-22-12-8-19(2)9-13-22/h4-15H,3,16-18H2,1-2H3. The number of nitrogens with zero attached hydrogens (tertiary/aromatic N) is 2. The van der Waals surface area contributed by atoms with E-state index in [0.29, 0.717) is 6.61 Å². The summed E-state index contributed by atoms with van der Waals surface area (Å²) in [6.07, 6.45) is 1.01. The summed E-state index contributed by atoms with van der Waals surface area (Å²) in [5, 5.41) is 0. The Kier molecular flexibility index (Phi) is 5.80. The minimum atomic E-state index is 0.426. The van der Waals surface area contributed by atoms with Gasteiger partial charge in [0.15, 0.2) is 0 Å². The SMILES string of the molecule is CCCOc1ccc(Cn2c(COc3ccc(C)cc3)nc3ccccc32)cc1. The molecule has 0 fully saturated rings. The van der Waals surface area contributed by atoms with E-state index in [1.165, 1.54) is 11.1 Å². The summed E-state index contributed by atoms with van der Waals surface area (Å²) < 4.78 is 13.9. The van der Waals surface area contributed by atoms with Crippen molar-refractivity contribution in [1.82, 2.24) is 9.55 Å². The maximum absolute atomic E-state index is 6.02. The van der Waals surface area contributed by atoms with Crippen LogP contribution in [0, 0.1) is 6.92 Å². The van der Waals surface area contributed by atoms with Gasteiger partial charge in [-0.2, -0.15) is 0 Å². The molecule has 0 aliphatic heterocycles. The third kappa shape index (κ3) is 4.60. The van der Waals surface area contributed by atoms with Crippen LogP contribution in [-0.2, 0) is 13.2 Å². The Morgan fingerprint density at radius 2 is 1.52 bits per heavy atom. The summed E-state index contributed by atoms with van der Waals surface area (Å²) in [6, 6.07) is 24.6. The lowest BCUT2D eigenvalue weighted by Crippen LogP contribution is -2.08. The van der Waals surface area contributed by atoms with Gasteiger partial charge >= 0.3 is 0 Å². The molecule has 0 atom stereocenters. The minimum absolute atomic E-state index is 0.426. The lowest BCUT2D eigenvalue weighted by atomic mass is 10.2. The molecule has 4 aromatic rings. The second kappa shape index (κ2) is 8.82. The van der Waals surface area contributed by atoms with E-state index in [9.17, 15) is 0 Å². The highest BCUT2D eigenvalue weighted by molar-refractivity contribution is 5.76. The third-order valence-electron chi connectivity index (χ3n) is 4.86. The van der Waals surface area contributed by atoms with E-state index in [2.05, 4.69) is 48.7 Å². The number of imidazole rings is 1. The first-order valence-corrected chi connectivity index (χ1v) is 10.1. The second-order valence-corrected chi connectivity index (χ2v) is 7.20. The average Bonchev–Trinajstić information content (AvgIpc) is 3.10. The van der Waals surface area contributed by atoms with Crippen molar-refractivity contribution in [1.29, 1.82) is 0 Å². The molecule has 0 unspecified atom stereocenters. The molecule has 4 heteroatoms. The summed E-state index contributed by atoms with van der Waals surface area (Å²) in [5.74, 6) is 2.68. The molecule has 3 aromatic carbocycles. The topological polar surface area (TPSA) is 36.3 Å². The molecular formula is C25H26N2O2. The quantitative estimate of drug-likeness (QED) is 0.386. The molecule has 0 amide bonds. The fraction of sp³-hybridized carbons (Fsp3) is 0.240. The molecule has 0 aliphatic carbocycles. The Labute approximate surface area is 171 Å². The molecule has 29 heavy (non-hydrogen) atoms. The van der Waals surface area contributed by atoms with E-state index in [-0.39, 0.29) is 0 Å². The smallest absolute Gasteiger partial charge is 0.148 e. The highest BCUT2D eigenvalue weighted by Gasteiger charge is 2.12.